The summed E-state index contributed by atoms with van der Waals surface area (Å²) >= 11 is 4.71. The fourth-order valence-electron chi connectivity index (χ4n) is 1.89. The quantitative estimate of drug-likeness (QED) is 0.537. The highest BCUT2D eigenvalue weighted by molar-refractivity contribution is 9.10. The van der Waals surface area contributed by atoms with Crippen LogP contribution in [-0.2, 0) is 0 Å². The van der Waals surface area contributed by atoms with Crippen molar-refractivity contribution in [1.82, 2.24) is 15.2 Å². The standard InChI is InChI=1S/C16H12BrN3OS/c17-13-8-6-11(7-9-13)14(21)10-22-16-18-15(19-20-16)12-4-2-1-3-5-12/h1-9H,10H2,(H,18,19,20). The number of H-pyrrole nitrogens is 1. The molecule has 1 heterocycles. The van der Waals surface area contributed by atoms with Gasteiger partial charge in [0.1, 0.15) is 0 Å². The number of carbonyl (C=O) groups excluding carboxylic acids is 1. The number of ketones is 1. The molecule has 0 unspecified atom stereocenters. The van der Waals surface area contributed by atoms with Gasteiger partial charge in [-0.3, -0.25) is 4.79 Å². The largest absolute Gasteiger partial charge is 0.316 e. The van der Waals surface area contributed by atoms with Crippen molar-refractivity contribution in [3.05, 3.63) is 64.6 Å². The number of halogens is 1. The van der Waals surface area contributed by atoms with Crippen LogP contribution in [0, 0.1) is 0 Å². The van der Waals surface area contributed by atoms with E-state index in [4.69, 9.17) is 0 Å². The highest BCUT2D eigenvalue weighted by atomic mass is 79.9. The molecular weight excluding hydrogens is 362 g/mol. The summed E-state index contributed by atoms with van der Waals surface area (Å²) < 4.78 is 0.958. The number of aromatic amines is 1. The van der Waals surface area contributed by atoms with Gasteiger partial charge in [0.05, 0.1) is 5.75 Å². The predicted octanol–water partition coefficient (Wildman–Crippen LogP) is 4.21. The van der Waals surface area contributed by atoms with Crippen molar-refractivity contribution in [2.24, 2.45) is 0 Å². The molecule has 0 spiro atoms. The van der Waals surface area contributed by atoms with E-state index in [0.29, 0.717) is 22.3 Å². The molecule has 0 atom stereocenters. The molecule has 4 nitrogen and oxygen atoms in total. The Morgan fingerprint density at radius 1 is 1.05 bits per heavy atom. The van der Waals surface area contributed by atoms with E-state index in [9.17, 15) is 4.79 Å². The molecule has 3 rings (SSSR count). The second kappa shape index (κ2) is 6.89. The van der Waals surface area contributed by atoms with Crippen molar-refractivity contribution in [3.8, 4) is 11.4 Å². The maximum atomic E-state index is 12.1. The van der Waals surface area contributed by atoms with Crippen molar-refractivity contribution in [1.29, 1.82) is 0 Å². The van der Waals surface area contributed by atoms with E-state index in [-0.39, 0.29) is 5.78 Å². The Morgan fingerprint density at radius 2 is 1.77 bits per heavy atom. The van der Waals surface area contributed by atoms with Gasteiger partial charge in [-0.15, -0.1) is 10.2 Å². The van der Waals surface area contributed by atoms with E-state index < -0.39 is 0 Å². The molecule has 0 saturated heterocycles. The van der Waals surface area contributed by atoms with Gasteiger partial charge < -0.3 is 4.98 Å². The Hall–Kier alpha value is -1.92. The first-order chi connectivity index (χ1) is 10.7. The van der Waals surface area contributed by atoms with Crippen LogP contribution in [0.15, 0.2) is 64.2 Å². The average molecular weight is 374 g/mol. The number of rotatable bonds is 5. The molecule has 6 heteroatoms. The summed E-state index contributed by atoms with van der Waals surface area (Å²) in [6.07, 6.45) is 0. The molecule has 0 bridgehead atoms. The van der Waals surface area contributed by atoms with E-state index in [1.54, 1.807) is 0 Å². The van der Waals surface area contributed by atoms with Gasteiger partial charge in [0.15, 0.2) is 16.8 Å². The summed E-state index contributed by atoms with van der Waals surface area (Å²) in [4.78, 5) is 15.2. The minimum atomic E-state index is 0.0650. The first-order valence-corrected chi connectivity index (χ1v) is 8.40. The van der Waals surface area contributed by atoms with Crippen molar-refractivity contribution in [3.63, 3.8) is 0 Å². The third-order valence-corrected chi connectivity index (χ3v) is 4.41. The molecule has 0 aliphatic rings. The zero-order valence-corrected chi connectivity index (χ0v) is 13.9. The first kappa shape index (κ1) is 15.0. The van der Waals surface area contributed by atoms with Gasteiger partial charge in [-0.1, -0.05) is 70.2 Å². The smallest absolute Gasteiger partial charge is 0.189 e. The number of benzene rings is 2. The molecule has 0 radical (unpaired) electrons. The second-order valence-electron chi connectivity index (χ2n) is 4.56. The molecule has 1 N–H and O–H groups in total. The number of nitrogens with one attached hydrogen (secondary N) is 1. The zero-order chi connectivity index (χ0) is 15.4. The number of hydrogen-bond acceptors (Lipinski definition) is 4. The molecular formula is C16H12BrN3OS. The lowest BCUT2D eigenvalue weighted by molar-refractivity contribution is 0.102. The lowest BCUT2D eigenvalue weighted by Gasteiger charge is -1.99. The first-order valence-electron chi connectivity index (χ1n) is 6.62. The Labute approximate surface area is 140 Å². The van der Waals surface area contributed by atoms with E-state index in [1.165, 1.54) is 11.8 Å². The number of carbonyl (C=O) groups is 1. The maximum Gasteiger partial charge on any atom is 0.189 e. The summed E-state index contributed by atoms with van der Waals surface area (Å²) in [6, 6.07) is 17.1. The molecule has 0 aliphatic carbocycles. The van der Waals surface area contributed by atoms with Crippen LogP contribution in [0.1, 0.15) is 10.4 Å². The van der Waals surface area contributed by atoms with E-state index in [0.717, 1.165) is 10.0 Å². The molecule has 0 amide bonds. The number of Topliss-reactive ketones (excluding diaryl/α,β-unsaturated/α-hetero) is 1. The summed E-state index contributed by atoms with van der Waals surface area (Å²) in [5.74, 6) is 1.10. The molecule has 1 aromatic heterocycles. The number of hydrogen-bond donors (Lipinski definition) is 1. The average Bonchev–Trinajstić information content (AvgIpc) is 3.03. The lowest BCUT2D eigenvalue weighted by atomic mass is 10.2. The molecule has 110 valence electrons. The zero-order valence-electron chi connectivity index (χ0n) is 11.5. The van der Waals surface area contributed by atoms with Crippen LogP contribution < -0.4 is 0 Å². The van der Waals surface area contributed by atoms with Crippen LogP contribution in [0.2, 0.25) is 0 Å². The highest BCUT2D eigenvalue weighted by Gasteiger charge is 2.10. The minimum absolute atomic E-state index is 0.0650. The number of aromatic nitrogens is 3. The minimum Gasteiger partial charge on any atom is -0.316 e. The Kier molecular flexibility index (Phi) is 4.70. The molecule has 3 aromatic rings. The molecule has 0 fully saturated rings. The van der Waals surface area contributed by atoms with Crippen molar-refractivity contribution in [2.75, 3.05) is 5.75 Å². The van der Waals surface area contributed by atoms with Gasteiger partial charge >= 0.3 is 0 Å². The van der Waals surface area contributed by atoms with Crippen LogP contribution >= 0.6 is 27.7 Å². The van der Waals surface area contributed by atoms with Crippen molar-refractivity contribution in [2.45, 2.75) is 5.16 Å². The van der Waals surface area contributed by atoms with Crippen LogP contribution in [0.3, 0.4) is 0 Å². The third kappa shape index (κ3) is 3.64. The van der Waals surface area contributed by atoms with Gasteiger partial charge in [0, 0.05) is 15.6 Å². The number of thioether (sulfide) groups is 1. The molecule has 0 saturated carbocycles. The van der Waals surface area contributed by atoms with E-state index in [1.807, 2.05) is 54.6 Å². The normalized spacial score (nSPS) is 10.6. The Balaban J connectivity index is 1.64. The number of nitrogens with zero attached hydrogens (tertiary/aromatic N) is 2. The summed E-state index contributed by atoms with van der Waals surface area (Å²) in [5.41, 5.74) is 1.67. The van der Waals surface area contributed by atoms with E-state index >= 15 is 0 Å². The summed E-state index contributed by atoms with van der Waals surface area (Å²) in [6.45, 7) is 0. The Bertz CT molecular complexity index is 772. The lowest BCUT2D eigenvalue weighted by Crippen LogP contribution is -2.02. The van der Waals surface area contributed by atoms with Crippen molar-refractivity contribution >= 4 is 33.5 Å². The van der Waals surface area contributed by atoms with Crippen LogP contribution in [-0.4, -0.2) is 26.7 Å². The predicted molar refractivity (Wildman–Crippen MR) is 91.0 cm³/mol. The molecule has 22 heavy (non-hydrogen) atoms. The van der Waals surface area contributed by atoms with Gasteiger partial charge in [0.2, 0.25) is 0 Å². The summed E-state index contributed by atoms with van der Waals surface area (Å²) in [5, 5.41) is 8.82. The van der Waals surface area contributed by atoms with E-state index in [2.05, 4.69) is 31.1 Å². The third-order valence-electron chi connectivity index (χ3n) is 3.02. The van der Waals surface area contributed by atoms with Gasteiger partial charge in [-0.2, -0.15) is 0 Å². The van der Waals surface area contributed by atoms with Crippen molar-refractivity contribution < 1.29 is 4.79 Å². The van der Waals surface area contributed by atoms with Crippen LogP contribution in [0.5, 0.6) is 0 Å². The molecule has 2 aromatic carbocycles. The fraction of sp³-hybridized carbons (Fsp3) is 0.0625. The summed E-state index contributed by atoms with van der Waals surface area (Å²) in [7, 11) is 0. The fourth-order valence-corrected chi connectivity index (χ4v) is 2.86. The monoisotopic (exact) mass is 373 g/mol. The highest BCUT2D eigenvalue weighted by Crippen LogP contribution is 2.20. The van der Waals surface area contributed by atoms with Gasteiger partial charge in [-0.25, -0.2) is 0 Å². The molecule has 0 aliphatic heterocycles. The van der Waals surface area contributed by atoms with Crippen LogP contribution in [0.4, 0.5) is 0 Å². The second-order valence-corrected chi connectivity index (χ2v) is 6.44. The SMILES string of the molecule is O=C(CSc1nnc(-c2ccccc2)[nH]1)c1ccc(Br)cc1. The van der Waals surface area contributed by atoms with Gasteiger partial charge in [-0.05, 0) is 12.1 Å². The Morgan fingerprint density at radius 3 is 2.50 bits per heavy atom. The van der Waals surface area contributed by atoms with Gasteiger partial charge in [0.25, 0.3) is 0 Å². The van der Waals surface area contributed by atoms with Crippen LogP contribution in [0.25, 0.3) is 11.4 Å². The maximum absolute atomic E-state index is 12.1. The topological polar surface area (TPSA) is 58.6 Å².